The molecule has 67 valence electrons. The van der Waals surface area contributed by atoms with Gasteiger partial charge in [0.2, 0.25) is 0 Å². The normalized spacial score (nSPS) is 10.4. The predicted molar refractivity (Wildman–Crippen MR) is 58.9 cm³/mol. The number of hydrogen-bond acceptors (Lipinski definition) is 1. The first-order valence-electron chi connectivity index (χ1n) is 4.54. The van der Waals surface area contributed by atoms with E-state index in [9.17, 15) is 0 Å². The fraction of sp³-hybridized carbons (Fsp3) is 0.600. The van der Waals surface area contributed by atoms with Gasteiger partial charge < -0.3 is 0 Å². The molecule has 1 aromatic rings. The van der Waals surface area contributed by atoms with Gasteiger partial charge in [-0.1, -0.05) is 31.5 Å². The number of thiophene rings is 1. The Kier molecular flexibility index (Phi) is 5.53. The van der Waals surface area contributed by atoms with Crippen LogP contribution in [0.4, 0.5) is 0 Å². The van der Waals surface area contributed by atoms with Crippen LogP contribution in [0.1, 0.15) is 30.6 Å². The lowest BCUT2D eigenvalue weighted by Crippen LogP contribution is -1.82. The van der Waals surface area contributed by atoms with Gasteiger partial charge in [-0.15, -0.1) is 11.3 Å². The number of aryl methyl sites for hydroxylation is 1. The summed E-state index contributed by atoms with van der Waals surface area (Å²) in [5, 5.41) is 2.15. The minimum atomic E-state index is 0.930. The first-order chi connectivity index (χ1) is 5.93. The van der Waals surface area contributed by atoms with Crippen LogP contribution in [0.25, 0.3) is 0 Å². The Morgan fingerprint density at radius 2 is 2.00 bits per heavy atom. The van der Waals surface area contributed by atoms with Crippen LogP contribution < -0.4 is 0 Å². The Balaban J connectivity index is 1.96. The van der Waals surface area contributed by atoms with E-state index in [0.29, 0.717) is 0 Å². The van der Waals surface area contributed by atoms with E-state index >= 15 is 0 Å². The lowest BCUT2D eigenvalue weighted by Gasteiger charge is -1.97. The molecule has 0 N–H and O–H groups in total. The number of unbranched alkanes of at least 4 members (excludes halogenated alkanes) is 3. The molecule has 0 aromatic carbocycles. The lowest BCUT2D eigenvalue weighted by atomic mass is 10.1. The first-order valence-corrected chi connectivity index (χ1v) is 5.99. The van der Waals surface area contributed by atoms with Crippen molar-refractivity contribution in [3.8, 4) is 0 Å². The van der Waals surface area contributed by atoms with Crippen LogP contribution in [0, 0.1) is 0 Å². The van der Waals surface area contributed by atoms with Crippen molar-refractivity contribution in [2.45, 2.75) is 32.1 Å². The summed E-state index contributed by atoms with van der Waals surface area (Å²) in [6.45, 7) is 0. The molecule has 0 unspecified atom stereocenters. The minimum absolute atomic E-state index is 0.930. The summed E-state index contributed by atoms with van der Waals surface area (Å²) in [7, 11) is 0. The van der Waals surface area contributed by atoms with Crippen molar-refractivity contribution in [3.63, 3.8) is 0 Å². The van der Waals surface area contributed by atoms with Crippen LogP contribution in [-0.2, 0) is 6.42 Å². The lowest BCUT2D eigenvalue weighted by molar-refractivity contribution is 0.674. The molecule has 0 aliphatic carbocycles. The summed E-state index contributed by atoms with van der Waals surface area (Å²) in [6.07, 6.45) is 6.47. The molecule has 0 amide bonds. The van der Waals surface area contributed by atoms with E-state index in [4.69, 9.17) is 12.6 Å². The van der Waals surface area contributed by atoms with Crippen LogP contribution in [0.5, 0.6) is 0 Å². The Morgan fingerprint density at radius 1 is 1.17 bits per heavy atom. The average molecular weight is 199 g/mol. The maximum Gasteiger partial charge on any atom is 0.00452 e. The van der Waals surface area contributed by atoms with Crippen molar-refractivity contribution in [2.75, 3.05) is 5.75 Å². The van der Waals surface area contributed by atoms with Crippen LogP contribution in [0.3, 0.4) is 0 Å². The molecular formula is C10H15S2. The molecule has 1 heterocycles. The maximum atomic E-state index is 4.88. The minimum Gasteiger partial charge on any atom is -0.149 e. The van der Waals surface area contributed by atoms with Gasteiger partial charge in [0, 0.05) is 10.6 Å². The second-order valence-corrected chi connectivity index (χ2v) is 4.39. The van der Waals surface area contributed by atoms with Crippen molar-refractivity contribution in [1.29, 1.82) is 0 Å². The molecule has 0 fully saturated rings. The third-order valence-corrected chi connectivity index (χ3v) is 3.12. The molecule has 0 bridgehead atoms. The van der Waals surface area contributed by atoms with Crippen molar-refractivity contribution in [2.24, 2.45) is 0 Å². The summed E-state index contributed by atoms with van der Waals surface area (Å²) >= 11 is 6.75. The van der Waals surface area contributed by atoms with Gasteiger partial charge in [-0.3, -0.25) is 0 Å². The fourth-order valence-corrected chi connectivity index (χ4v) is 2.17. The van der Waals surface area contributed by atoms with Crippen molar-refractivity contribution >= 4 is 24.0 Å². The third-order valence-electron chi connectivity index (χ3n) is 1.90. The summed E-state index contributed by atoms with van der Waals surface area (Å²) in [5.41, 5.74) is 0. The highest BCUT2D eigenvalue weighted by Gasteiger charge is 1.93. The fourth-order valence-electron chi connectivity index (χ4n) is 1.21. The van der Waals surface area contributed by atoms with E-state index in [2.05, 4.69) is 17.5 Å². The van der Waals surface area contributed by atoms with Crippen LogP contribution in [-0.4, -0.2) is 5.75 Å². The monoisotopic (exact) mass is 199 g/mol. The Hall–Kier alpha value is 0.0500. The molecule has 12 heavy (non-hydrogen) atoms. The quantitative estimate of drug-likeness (QED) is 0.606. The van der Waals surface area contributed by atoms with E-state index in [-0.39, 0.29) is 0 Å². The second-order valence-electron chi connectivity index (χ2n) is 2.95. The van der Waals surface area contributed by atoms with E-state index in [1.807, 2.05) is 11.3 Å². The SMILES string of the molecule is [S]CCCCCCc1cccs1. The van der Waals surface area contributed by atoms with E-state index in [0.717, 1.165) is 5.75 Å². The van der Waals surface area contributed by atoms with Crippen molar-refractivity contribution < 1.29 is 0 Å². The Morgan fingerprint density at radius 3 is 2.67 bits per heavy atom. The molecule has 0 nitrogen and oxygen atoms in total. The standard InChI is InChI=1S/C10H15S2/c11-8-4-2-1-3-6-10-7-5-9-12-10/h5,7,9H,1-4,6,8H2. The predicted octanol–water partition coefficient (Wildman–Crippen LogP) is 4.05. The molecular weight excluding hydrogens is 184 g/mol. The van der Waals surface area contributed by atoms with Gasteiger partial charge in [0.15, 0.2) is 0 Å². The zero-order valence-electron chi connectivity index (χ0n) is 7.29. The van der Waals surface area contributed by atoms with Gasteiger partial charge in [-0.2, -0.15) is 0 Å². The Labute approximate surface area is 84.4 Å². The van der Waals surface area contributed by atoms with Gasteiger partial charge in [0.1, 0.15) is 0 Å². The van der Waals surface area contributed by atoms with Crippen molar-refractivity contribution in [3.05, 3.63) is 22.4 Å². The number of rotatable bonds is 6. The maximum absolute atomic E-state index is 4.88. The largest absolute Gasteiger partial charge is 0.149 e. The smallest absolute Gasteiger partial charge is 0.00452 e. The topological polar surface area (TPSA) is 0 Å². The molecule has 0 saturated heterocycles. The van der Waals surface area contributed by atoms with Gasteiger partial charge in [-0.05, 0) is 30.7 Å². The molecule has 0 saturated carbocycles. The van der Waals surface area contributed by atoms with E-state index in [1.165, 1.54) is 37.0 Å². The molecule has 2 heteroatoms. The molecule has 1 radical (unpaired) electrons. The van der Waals surface area contributed by atoms with E-state index in [1.54, 1.807) is 0 Å². The van der Waals surface area contributed by atoms with Gasteiger partial charge >= 0.3 is 0 Å². The molecule has 0 atom stereocenters. The molecule has 0 aliphatic heterocycles. The molecule has 1 aromatic heterocycles. The first kappa shape index (κ1) is 10.1. The van der Waals surface area contributed by atoms with Crippen LogP contribution in [0.2, 0.25) is 0 Å². The van der Waals surface area contributed by atoms with Crippen LogP contribution in [0.15, 0.2) is 17.5 Å². The molecule has 1 rings (SSSR count). The second kappa shape index (κ2) is 6.55. The number of hydrogen-bond donors (Lipinski definition) is 0. The Bertz CT molecular complexity index is 180. The zero-order chi connectivity index (χ0) is 8.65. The summed E-state index contributed by atoms with van der Waals surface area (Å²) in [5.74, 6) is 0.930. The summed E-state index contributed by atoms with van der Waals surface area (Å²) in [4.78, 5) is 1.52. The zero-order valence-corrected chi connectivity index (χ0v) is 8.92. The highest BCUT2D eigenvalue weighted by Crippen LogP contribution is 2.13. The van der Waals surface area contributed by atoms with Crippen molar-refractivity contribution in [1.82, 2.24) is 0 Å². The summed E-state index contributed by atoms with van der Waals surface area (Å²) in [6, 6.07) is 4.35. The highest BCUT2D eigenvalue weighted by molar-refractivity contribution is 7.80. The molecule has 0 spiro atoms. The third kappa shape index (κ3) is 4.17. The highest BCUT2D eigenvalue weighted by atomic mass is 32.1. The van der Waals surface area contributed by atoms with E-state index < -0.39 is 0 Å². The summed E-state index contributed by atoms with van der Waals surface area (Å²) < 4.78 is 0. The van der Waals surface area contributed by atoms with Gasteiger partial charge in [0.05, 0.1) is 0 Å². The average Bonchev–Trinajstić information content (AvgIpc) is 2.57. The van der Waals surface area contributed by atoms with Gasteiger partial charge in [-0.25, -0.2) is 0 Å². The van der Waals surface area contributed by atoms with Crippen LogP contribution >= 0.6 is 24.0 Å². The molecule has 0 aliphatic rings. The van der Waals surface area contributed by atoms with Gasteiger partial charge in [0.25, 0.3) is 0 Å².